The fourth-order valence-corrected chi connectivity index (χ4v) is 3.66. The highest BCUT2D eigenvalue weighted by Gasteiger charge is 2.29. The quantitative estimate of drug-likeness (QED) is 0.823. The van der Waals surface area contributed by atoms with E-state index in [9.17, 15) is 4.79 Å². The Morgan fingerprint density at radius 2 is 1.93 bits per heavy atom. The topological polar surface area (TPSA) is 59.4 Å². The summed E-state index contributed by atoms with van der Waals surface area (Å²) < 4.78 is 7.09. The van der Waals surface area contributed by atoms with Gasteiger partial charge in [-0.15, -0.1) is 0 Å². The summed E-state index contributed by atoms with van der Waals surface area (Å²) in [5, 5.41) is 7.87. The Labute approximate surface area is 165 Å². The molecule has 27 heavy (non-hydrogen) atoms. The van der Waals surface area contributed by atoms with Gasteiger partial charge in [0.25, 0.3) is 5.91 Å². The van der Waals surface area contributed by atoms with Gasteiger partial charge in [-0.2, -0.15) is 5.10 Å². The molecule has 1 aromatic heterocycles. The lowest BCUT2D eigenvalue weighted by molar-refractivity contribution is -0.00923. The minimum absolute atomic E-state index is 0.153. The van der Waals surface area contributed by atoms with Gasteiger partial charge in [0.2, 0.25) is 0 Å². The average molecular weight is 391 g/mol. The van der Waals surface area contributed by atoms with Gasteiger partial charge in [-0.3, -0.25) is 9.69 Å². The van der Waals surface area contributed by atoms with Crippen LogP contribution in [0.2, 0.25) is 5.15 Å². The summed E-state index contributed by atoms with van der Waals surface area (Å²) in [5.41, 5.74) is 2.02. The van der Waals surface area contributed by atoms with Crippen molar-refractivity contribution in [2.75, 3.05) is 32.8 Å². The Balaban J connectivity index is 1.67. The summed E-state index contributed by atoms with van der Waals surface area (Å²) >= 11 is 6.49. The maximum atomic E-state index is 12.8. The van der Waals surface area contributed by atoms with Crippen LogP contribution >= 0.6 is 11.6 Å². The molecule has 0 unspecified atom stereocenters. The van der Waals surface area contributed by atoms with E-state index in [1.54, 1.807) is 4.68 Å². The molecule has 1 aliphatic heterocycles. The molecule has 1 aromatic carbocycles. The summed E-state index contributed by atoms with van der Waals surface area (Å²) in [6, 6.07) is 9.94. The first kappa shape index (κ1) is 19.9. The SMILES string of the molecule is Cc1nn(Cc2ccccc2)c(Cl)c1C(=O)NCC(C)(C)N1CCOCC1. The first-order chi connectivity index (χ1) is 12.9. The van der Waals surface area contributed by atoms with Crippen molar-refractivity contribution in [2.24, 2.45) is 0 Å². The number of carbonyl (C=O) groups excluding carboxylic acids is 1. The third-order valence-electron chi connectivity index (χ3n) is 5.02. The molecule has 146 valence electrons. The molecule has 3 rings (SSSR count). The first-order valence-electron chi connectivity index (χ1n) is 9.26. The van der Waals surface area contributed by atoms with E-state index in [1.165, 1.54) is 0 Å². The Morgan fingerprint density at radius 1 is 1.26 bits per heavy atom. The van der Waals surface area contributed by atoms with E-state index in [0.29, 0.717) is 29.5 Å². The highest BCUT2D eigenvalue weighted by atomic mass is 35.5. The monoisotopic (exact) mass is 390 g/mol. The van der Waals surface area contributed by atoms with Crippen molar-refractivity contribution in [3.05, 3.63) is 52.3 Å². The minimum Gasteiger partial charge on any atom is -0.379 e. The summed E-state index contributed by atoms with van der Waals surface area (Å²) in [6.45, 7) is 10.4. The Kier molecular flexibility index (Phi) is 6.19. The van der Waals surface area contributed by atoms with Crippen LogP contribution < -0.4 is 5.32 Å². The van der Waals surface area contributed by atoms with Gasteiger partial charge in [0.1, 0.15) is 5.15 Å². The summed E-state index contributed by atoms with van der Waals surface area (Å²) in [6.07, 6.45) is 0. The van der Waals surface area contributed by atoms with Crippen LogP contribution in [0.3, 0.4) is 0 Å². The van der Waals surface area contributed by atoms with Gasteiger partial charge in [-0.1, -0.05) is 41.9 Å². The number of nitrogens with one attached hydrogen (secondary N) is 1. The summed E-state index contributed by atoms with van der Waals surface area (Å²) in [4.78, 5) is 15.1. The van der Waals surface area contributed by atoms with E-state index in [0.717, 1.165) is 31.9 Å². The number of aryl methyl sites for hydroxylation is 1. The molecule has 0 spiro atoms. The van der Waals surface area contributed by atoms with E-state index in [-0.39, 0.29) is 11.4 Å². The van der Waals surface area contributed by atoms with Crippen LogP contribution in [0.4, 0.5) is 0 Å². The number of halogens is 1. The van der Waals surface area contributed by atoms with Crippen molar-refractivity contribution in [3.8, 4) is 0 Å². The largest absolute Gasteiger partial charge is 0.379 e. The van der Waals surface area contributed by atoms with Crippen LogP contribution in [0.15, 0.2) is 30.3 Å². The number of hydrogen-bond acceptors (Lipinski definition) is 4. The summed E-state index contributed by atoms with van der Waals surface area (Å²) in [7, 11) is 0. The van der Waals surface area contributed by atoms with Crippen molar-refractivity contribution >= 4 is 17.5 Å². The van der Waals surface area contributed by atoms with Crippen molar-refractivity contribution in [3.63, 3.8) is 0 Å². The number of nitrogens with zero attached hydrogens (tertiary/aromatic N) is 3. The molecular formula is C20H27ClN4O2. The Hall–Kier alpha value is -1.89. The first-order valence-corrected chi connectivity index (χ1v) is 9.64. The second-order valence-electron chi connectivity index (χ2n) is 7.49. The van der Waals surface area contributed by atoms with Crippen LogP contribution in [-0.4, -0.2) is 59.0 Å². The standard InChI is InChI=1S/C20H27ClN4O2/c1-15-17(18(21)25(23-15)13-16-7-5-4-6-8-16)19(26)22-14-20(2,3)24-9-11-27-12-10-24/h4-8H,9-14H2,1-3H3,(H,22,26). The smallest absolute Gasteiger partial charge is 0.256 e. The normalized spacial score (nSPS) is 15.7. The highest BCUT2D eigenvalue weighted by Crippen LogP contribution is 2.22. The lowest BCUT2D eigenvalue weighted by Gasteiger charge is -2.40. The number of ether oxygens (including phenoxy) is 1. The molecule has 7 heteroatoms. The van der Waals surface area contributed by atoms with Crippen molar-refractivity contribution in [2.45, 2.75) is 32.9 Å². The number of benzene rings is 1. The molecule has 2 aromatic rings. The average Bonchev–Trinajstić information content (AvgIpc) is 2.95. The zero-order valence-electron chi connectivity index (χ0n) is 16.2. The van der Waals surface area contributed by atoms with Crippen LogP contribution in [0.1, 0.15) is 35.5 Å². The second-order valence-corrected chi connectivity index (χ2v) is 7.85. The van der Waals surface area contributed by atoms with Crippen LogP contribution in [0.25, 0.3) is 0 Å². The zero-order chi connectivity index (χ0) is 19.4. The number of rotatable bonds is 6. The number of amides is 1. The van der Waals surface area contributed by atoms with Gasteiger partial charge in [0.05, 0.1) is 31.0 Å². The van der Waals surface area contributed by atoms with Crippen LogP contribution in [-0.2, 0) is 11.3 Å². The van der Waals surface area contributed by atoms with E-state index in [4.69, 9.17) is 16.3 Å². The molecule has 0 saturated carbocycles. The van der Waals surface area contributed by atoms with Gasteiger partial charge < -0.3 is 10.1 Å². The van der Waals surface area contributed by atoms with Gasteiger partial charge in [0.15, 0.2) is 0 Å². The molecule has 1 N–H and O–H groups in total. The van der Waals surface area contributed by atoms with Crippen molar-refractivity contribution in [1.82, 2.24) is 20.0 Å². The molecule has 1 aliphatic rings. The molecule has 0 bridgehead atoms. The van der Waals surface area contributed by atoms with Crippen molar-refractivity contribution < 1.29 is 9.53 Å². The number of morpholine rings is 1. The van der Waals surface area contributed by atoms with E-state index in [2.05, 4.69) is 29.2 Å². The number of aromatic nitrogens is 2. The van der Waals surface area contributed by atoms with E-state index >= 15 is 0 Å². The molecule has 0 radical (unpaired) electrons. The molecular weight excluding hydrogens is 364 g/mol. The Bertz CT molecular complexity index is 783. The molecule has 1 fully saturated rings. The van der Waals surface area contributed by atoms with E-state index < -0.39 is 0 Å². The predicted molar refractivity (Wildman–Crippen MR) is 106 cm³/mol. The van der Waals surface area contributed by atoms with Crippen LogP contribution in [0, 0.1) is 6.92 Å². The zero-order valence-corrected chi connectivity index (χ0v) is 16.9. The predicted octanol–water partition coefficient (Wildman–Crippen LogP) is 2.73. The number of hydrogen-bond donors (Lipinski definition) is 1. The maximum absolute atomic E-state index is 12.8. The molecule has 1 saturated heterocycles. The second kappa shape index (κ2) is 8.42. The molecule has 6 nitrogen and oxygen atoms in total. The lowest BCUT2D eigenvalue weighted by atomic mass is 10.0. The molecule has 2 heterocycles. The fraction of sp³-hybridized carbons (Fsp3) is 0.500. The van der Waals surface area contributed by atoms with Crippen molar-refractivity contribution in [1.29, 1.82) is 0 Å². The molecule has 0 atom stereocenters. The summed E-state index contributed by atoms with van der Waals surface area (Å²) in [5.74, 6) is -0.182. The Morgan fingerprint density at radius 3 is 2.59 bits per heavy atom. The minimum atomic E-state index is -0.182. The molecule has 1 amide bonds. The van der Waals surface area contributed by atoms with Gasteiger partial charge >= 0.3 is 0 Å². The third-order valence-corrected chi connectivity index (χ3v) is 5.40. The lowest BCUT2D eigenvalue weighted by Crippen LogP contribution is -2.55. The van der Waals surface area contributed by atoms with Gasteiger partial charge in [-0.25, -0.2) is 4.68 Å². The maximum Gasteiger partial charge on any atom is 0.256 e. The van der Waals surface area contributed by atoms with Gasteiger partial charge in [0, 0.05) is 25.2 Å². The molecule has 0 aliphatic carbocycles. The van der Waals surface area contributed by atoms with Gasteiger partial charge in [-0.05, 0) is 26.3 Å². The fourth-order valence-electron chi connectivity index (χ4n) is 3.34. The number of carbonyl (C=O) groups is 1. The van der Waals surface area contributed by atoms with E-state index in [1.807, 2.05) is 37.3 Å². The van der Waals surface area contributed by atoms with Crippen LogP contribution in [0.5, 0.6) is 0 Å². The highest BCUT2D eigenvalue weighted by molar-refractivity contribution is 6.33. The third kappa shape index (κ3) is 4.69.